The first-order valence-electron chi connectivity index (χ1n) is 15.5. The lowest BCUT2D eigenvalue weighted by Crippen LogP contribution is -2.60. The first kappa shape index (κ1) is 30.0. The topological polar surface area (TPSA) is 85.4 Å². The van der Waals surface area contributed by atoms with Crippen molar-refractivity contribution < 1.29 is 28.6 Å². The minimum atomic E-state index is -1.25. The summed E-state index contributed by atoms with van der Waals surface area (Å²) < 4.78 is 17.9. The van der Waals surface area contributed by atoms with Crippen LogP contribution < -0.4 is 0 Å². The highest BCUT2D eigenvalue weighted by Crippen LogP contribution is 2.51. The fourth-order valence-corrected chi connectivity index (χ4v) is 7.09. The van der Waals surface area contributed by atoms with E-state index in [1.165, 1.54) is 7.11 Å². The van der Waals surface area contributed by atoms with Crippen LogP contribution in [0.2, 0.25) is 0 Å². The third-order valence-corrected chi connectivity index (χ3v) is 9.38. The summed E-state index contributed by atoms with van der Waals surface area (Å²) in [6, 6.07) is 24.0. The molecule has 0 spiro atoms. The summed E-state index contributed by atoms with van der Waals surface area (Å²) in [7, 11) is 1.37. The van der Waals surface area contributed by atoms with Crippen molar-refractivity contribution in [2.75, 3.05) is 26.8 Å². The predicted molar refractivity (Wildman–Crippen MR) is 166 cm³/mol. The smallest absolute Gasteiger partial charge is 0.320 e. The van der Waals surface area contributed by atoms with Crippen LogP contribution in [-0.4, -0.2) is 66.6 Å². The molecule has 3 aliphatic heterocycles. The van der Waals surface area contributed by atoms with Gasteiger partial charge in [-0.3, -0.25) is 14.4 Å². The van der Waals surface area contributed by atoms with Crippen LogP contribution in [0, 0.1) is 11.3 Å². The summed E-state index contributed by atoms with van der Waals surface area (Å²) in [5.41, 5.74) is 1.32. The number of amides is 2. The molecule has 4 atom stereocenters. The first-order chi connectivity index (χ1) is 21.4. The predicted octanol–water partition coefficient (Wildman–Crippen LogP) is 5.25. The van der Waals surface area contributed by atoms with Gasteiger partial charge in [0.2, 0.25) is 11.8 Å². The fourth-order valence-electron chi connectivity index (χ4n) is 7.09. The number of esters is 1. The molecule has 3 aliphatic rings. The molecule has 0 bridgehead atoms. The van der Waals surface area contributed by atoms with Crippen molar-refractivity contribution in [1.29, 1.82) is 0 Å². The molecule has 8 nitrogen and oxygen atoms in total. The Morgan fingerprint density at radius 2 is 1.70 bits per heavy atom. The van der Waals surface area contributed by atoms with Gasteiger partial charge < -0.3 is 24.0 Å². The highest BCUT2D eigenvalue weighted by Gasteiger charge is 2.59. The van der Waals surface area contributed by atoms with Crippen molar-refractivity contribution in [3.63, 3.8) is 0 Å². The number of fused-ring (bicyclic) bond motifs is 2. The number of carbonyl (C=O) groups is 3. The van der Waals surface area contributed by atoms with Crippen molar-refractivity contribution in [1.82, 2.24) is 9.80 Å². The average Bonchev–Trinajstić information content (AvgIpc) is 3.59. The van der Waals surface area contributed by atoms with Crippen LogP contribution in [0.15, 0.2) is 84.6 Å². The Balaban J connectivity index is 1.37. The molecule has 230 valence electrons. The van der Waals surface area contributed by atoms with E-state index in [1.807, 2.05) is 90.7 Å². The Bertz CT molecular complexity index is 1540. The van der Waals surface area contributed by atoms with Crippen molar-refractivity contribution >= 4 is 28.6 Å². The lowest BCUT2D eigenvalue weighted by Gasteiger charge is -2.51. The number of nitrogens with zero attached hydrogens (tertiary/aromatic N) is 2. The Labute approximate surface area is 258 Å². The molecule has 0 saturated carbocycles. The van der Waals surface area contributed by atoms with E-state index in [4.69, 9.17) is 14.2 Å². The quantitative estimate of drug-likeness (QED) is 0.314. The molecule has 3 aromatic carbocycles. The van der Waals surface area contributed by atoms with Crippen molar-refractivity contribution in [3.05, 3.63) is 95.7 Å². The molecule has 0 aromatic heterocycles. The van der Waals surface area contributed by atoms with E-state index in [0.29, 0.717) is 25.4 Å². The molecule has 2 amide bonds. The van der Waals surface area contributed by atoms with Gasteiger partial charge in [0.15, 0.2) is 0 Å². The highest BCUT2D eigenvalue weighted by molar-refractivity contribution is 5.93. The number of hydrogen-bond acceptors (Lipinski definition) is 6. The number of rotatable bonds is 9. The summed E-state index contributed by atoms with van der Waals surface area (Å²) in [6.07, 6.45) is 2.90. The molecule has 3 heterocycles. The zero-order chi connectivity index (χ0) is 30.7. The molecule has 2 fully saturated rings. The maximum absolute atomic E-state index is 14.4. The molecular formula is C36H40N2O6. The summed E-state index contributed by atoms with van der Waals surface area (Å²) in [4.78, 5) is 45.2. The third-order valence-electron chi connectivity index (χ3n) is 9.38. The number of piperidine rings is 1. The molecule has 0 radical (unpaired) electrons. The Morgan fingerprint density at radius 1 is 0.977 bits per heavy atom. The number of benzene rings is 3. The van der Waals surface area contributed by atoms with Crippen LogP contribution in [0.5, 0.6) is 0 Å². The molecule has 44 heavy (non-hydrogen) atoms. The van der Waals surface area contributed by atoms with Crippen LogP contribution in [0.25, 0.3) is 10.8 Å². The van der Waals surface area contributed by atoms with E-state index >= 15 is 0 Å². The molecule has 0 unspecified atom stereocenters. The van der Waals surface area contributed by atoms with Gasteiger partial charge in [0.25, 0.3) is 0 Å². The lowest BCUT2D eigenvalue weighted by molar-refractivity contribution is -0.178. The molecule has 0 N–H and O–H groups in total. The normalized spacial score (nSPS) is 25.1. The van der Waals surface area contributed by atoms with E-state index in [1.54, 1.807) is 4.90 Å². The minimum Gasteiger partial charge on any atom is -0.468 e. The van der Waals surface area contributed by atoms with Crippen LogP contribution >= 0.6 is 0 Å². The van der Waals surface area contributed by atoms with Crippen molar-refractivity contribution in [3.8, 4) is 0 Å². The summed E-state index contributed by atoms with van der Waals surface area (Å²) in [6.45, 7) is 4.20. The fraction of sp³-hybridized carbons (Fsp3) is 0.417. The SMILES string of the molecule is COC(=O)[C@]12C[C@H](CC(=O)N3CCCC3)C(=O)N(Cc3cccc4ccccc34)C1=C[C@H](COCc1ccccc1)O[C@@H]2C. The largest absolute Gasteiger partial charge is 0.468 e. The average molecular weight is 597 g/mol. The number of ether oxygens (including phenoxy) is 3. The van der Waals surface area contributed by atoms with Crippen LogP contribution in [0.3, 0.4) is 0 Å². The Morgan fingerprint density at radius 3 is 2.48 bits per heavy atom. The molecular weight excluding hydrogens is 556 g/mol. The van der Waals surface area contributed by atoms with Gasteiger partial charge in [-0.2, -0.15) is 0 Å². The van der Waals surface area contributed by atoms with Gasteiger partial charge in [0.05, 0.1) is 33.0 Å². The molecule has 2 saturated heterocycles. The maximum Gasteiger partial charge on any atom is 0.320 e. The second-order valence-electron chi connectivity index (χ2n) is 12.1. The minimum absolute atomic E-state index is 0.0463. The van der Waals surface area contributed by atoms with Gasteiger partial charge in [-0.25, -0.2) is 0 Å². The van der Waals surface area contributed by atoms with E-state index in [2.05, 4.69) is 0 Å². The first-order valence-corrected chi connectivity index (χ1v) is 15.5. The lowest BCUT2D eigenvalue weighted by atomic mass is 9.66. The standard InChI is InChI=1S/C36H40N2O6/c1-25-36(35(41)42-2)21-29(19-33(39)37-17-8-9-18-37)34(40)38(22-28-15-10-14-27-13-6-7-16-31(27)28)32(36)20-30(44-25)24-43-23-26-11-4-3-5-12-26/h3-7,10-16,20,25,29-30H,8-9,17-19,21-24H2,1-2H3/t25-,29+,30-,36+/m1/s1. The van der Waals surface area contributed by atoms with Gasteiger partial charge in [-0.05, 0) is 54.2 Å². The van der Waals surface area contributed by atoms with Crippen LogP contribution in [0.4, 0.5) is 0 Å². The van der Waals surface area contributed by atoms with Gasteiger partial charge in [-0.1, -0.05) is 72.8 Å². The van der Waals surface area contributed by atoms with E-state index < -0.39 is 29.5 Å². The molecule has 0 aliphatic carbocycles. The van der Waals surface area contributed by atoms with E-state index in [0.717, 1.165) is 34.7 Å². The van der Waals surface area contributed by atoms with Gasteiger partial charge in [-0.15, -0.1) is 0 Å². The maximum atomic E-state index is 14.4. The number of methoxy groups -OCH3 is 1. The molecule has 8 heteroatoms. The second kappa shape index (κ2) is 12.9. The highest BCUT2D eigenvalue weighted by atomic mass is 16.5. The van der Waals surface area contributed by atoms with Gasteiger partial charge in [0, 0.05) is 31.1 Å². The molecule has 6 rings (SSSR count). The second-order valence-corrected chi connectivity index (χ2v) is 12.1. The summed E-state index contributed by atoms with van der Waals surface area (Å²) in [5, 5.41) is 2.10. The van der Waals surface area contributed by atoms with E-state index in [-0.39, 0.29) is 37.8 Å². The summed E-state index contributed by atoms with van der Waals surface area (Å²) >= 11 is 0. The van der Waals surface area contributed by atoms with Crippen molar-refractivity contribution in [2.24, 2.45) is 11.3 Å². The number of hydrogen-bond donors (Lipinski definition) is 0. The zero-order valence-corrected chi connectivity index (χ0v) is 25.4. The van der Waals surface area contributed by atoms with Crippen molar-refractivity contribution in [2.45, 2.75) is 58.0 Å². The monoisotopic (exact) mass is 596 g/mol. The van der Waals surface area contributed by atoms with E-state index in [9.17, 15) is 14.4 Å². The number of carbonyl (C=O) groups excluding carboxylic acids is 3. The molecule has 3 aromatic rings. The van der Waals surface area contributed by atoms with Crippen LogP contribution in [0.1, 0.15) is 43.7 Å². The van der Waals surface area contributed by atoms with Gasteiger partial charge >= 0.3 is 5.97 Å². The zero-order valence-electron chi connectivity index (χ0n) is 25.4. The van der Waals surface area contributed by atoms with Crippen LogP contribution in [-0.2, 0) is 41.7 Å². The Hall–Kier alpha value is -4.01. The third kappa shape index (κ3) is 5.76. The Kier molecular flexibility index (Phi) is 8.82. The summed E-state index contributed by atoms with van der Waals surface area (Å²) in [5.74, 6) is -1.36. The number of likely N-dealkylation sites (tertiary alicyclic amines) is 2. The van der Waals surface area contributed by atoms with Gasteiger partial charge in [0.1, 0.15) is 11.5 Å².